The van der Waals surface area contributed by atoms with Crippen LogP contribution in [0.25, 0.3) is 0 Å². The maximum absolute atomic E-state index is 12.4. The van der Waals surface area contributed by atoms with E-state index in [9.17, 15) is 28.6 Å². The second kappa shape index (κ2) is 6.33. The van der Waals surface area contributed by atoms with Crippen molar-refractivity contribution in [3.63, 3.8) is 0 Å². The highest BCUT2D eigenvalue weighted by Gasteiger charge is 2.36. The van der Waals surface area contributed by atoms with Crippen molar-refractivity contribution in [2.45, 2.75) is 4.90 Å². The lowest BCUT2D eigenvalue weighted by Gasteiger charge is -2.11. The summed E-state index contributed by atoms with van der Waals surface area (Å²) in [5.74, 6) is -0.0979. The highest BCUT2D eigenvalue weighted by molar-refractivity contribution is 7.92. The van der Waals surface area contributed by atoms with Gasteiger partial charge in [-0.2, -0.15) is 0 Å². The maximum atomic E-state index is 12.4. The largest absolute Gasteiger partial charge is 0.384 e. The first-order chi connectivity index (χ1) is 11.2. The van der Waals surface area contributed by atoms with E-state index in [1.165, 1.54) is 30.3 Å². The Morgan fingerprint density at radius 2 is 1.67 bits per heavy atom. The van der Waals surface area contributed by atoms with E-state index in [0.717, 1.165) is 12.1 Å². The molecule has 1 heterocycles. The molecule has 3 N–H and O–H groups in total. The first-order valence-electron chi connectivity index (χ1n) is 6.15. The molecular weight excluding hydrogens is 344 g/mol. The van der Waals surface area contributed by atoms with E-state index in [2.05, 4.69) is 9.71 Å². The lowest BCUT2D eigenvalue weighted by Crippen LogP contribution is -2.36. The number of hydrazine groups is 2. The lowest BCUT2D eigenvalue weighted by molar-refractivity contribution is -0.712. The first kappa shape index (κ1) is 16.9. The van der Waals surface area contributed by atoms with Crippen molar-refractivity contribution in [2.24, 2.45) is 0 Å². The number of para-hydroxylation sites is 1. The van der Waals surface area contributed by atoms with Crippen molar-refractivity contribution in [3.8, 4) is 0 Å². The zero-order valence-electron chi connectivity index (χ0n) is 11.8. The van der Waals surface area contributed by atoms with Gasteiger partial charge in [-0.3, -0.25) is 4.72 Å². The number of nitro groups is 2. The number of nitrogens with two attached hydrogens (primary N) is 1. The number of aromatic nitrogens is 1. The molecule has 0 saturated carbocycles. The van der Waals surface area contributed by atoms with Gasteiger partial charge in [-0.05, 0) is 24.3 Å². The minimum atomic E-state index is -4.39. The molecule has 0 amide bonds. The van der Waals surface area contributed by atoms with E-state index in [1.807, 2.05) is 0 Å². The Hall–Kier alpha value is -3.48. The van der Waals surface area contributed by atoms with Gasteiger partial charge < -0.3 is 5.73 Å². The van der Waals surface area contributed by atoms with Crippen LogP contribution in [0.4, 0.5) is 17.3 Å². The normalized spacial score (nSPS) is 10.8. The molecule has 0 aliphatic carbocycles. The summed E-state index contributed by atoms with van der Waals surface area (Å²) in [7, 11) is -4.39. The third kappa shape index (κ3) is 3.46. The molecular formula is C11H10N6O6S. The van der Waals surface area contributed by atoms with Crippen LogP contribution in [0, 0.1) is 20.2 Å². The molecule has 1 aromatic heterocycles. The summed E-state index contributed by atoms with van der Waals surface area (Å²) < 4.78 is 26.9. The quantitative estimate of drug-likeness (QED) is 0.557. The van der Waals surface area contributed by atoms with Gasteiger partial charge >= 0.3 is 0 Å². The van der Waals surface area contributed by atoms with Crippen LogP contribution < -0.4 is 15.6 Å². The van der Waals surface area contributed by atoms with Gasteiger partial charge in [-0.1, -0.05) is 18.2 Å². The standard InChI is InChI=1S/C11H10N6O6S/c12-10-6-3-7-11(13-10)14-24(22,23)9-5-2-1-4-8(9)15(16(18)19)17(20)21/h1-7H,(H3,12,13,14). The fourth-order valence-electron chi connectivity index (χ4n) is 1.79. The van der Waals surface area contributed by atoms with E-state index in [4.69, 9.17) is 5.73 Å². The van der Waals surface area contributed by atoms with Crippen molar-refractivity contribution in [2.75, 3.05) is 15.6 Å². The highest BCUT2D eigenvalue weighted by Crippen LogP contribution is 2.26. The van der Waals surface area contributed by atoms with Gasteiger partial charge in [0.05, 0.1) is 0 Å². The molecule has 0 atom stereocenters. The zero-order chi connectivity index (χ0) is 17.9. The van der Waals surface area contributed by atoms with Crippen LogP contribution in [0.5, 0.6) is 0 Å². The number of nitrogens with one attached hydrogen (secondary N) is 1. The number of benzene rings is 1. The van der Waals surface area contributed by atoms with E-state index in [1.54, 1.807) is 0 Å². The Bertz CT molecular complexity index is 887. The van der Waals surface area contributed by atoms with Crippen molar-refractivity contribution in [3.05, 3.63) is 62.7 Å². The van der Waals surface area contributed by atoms with E-state index >= 15 is 0 Å². The average Bonchev–Trinajstić information content (AvgIpc) is 2.46. The minimum absolute atomic E-state index is 0.0423. The Kier molecular flexibility index (Phi) is 4.45. The van der Waals surface area contributed by atoms with Crippen molar-refractivity contribution >= 4 is 27.3 Å². The smallest absolute Gasteiger partial charge is 0.265 e. The molecule has 0 bridgehead atoms. The number of hydrogen-bond acceptors (Lipinski definition) is 8. The molecule has 0 radical (unpaired) electrons. The average molecular weight is 354 g/mol. The van der Waals surface area contributed by atoms with Crippen molar-refractivity contribution in [1.29, 1.82) is 0 Å². The Labute approximate surface area is 134 Å². The van der Waals surface area contributed by atoms with Gasteiger partial charge in [0.25, 0.3) is 10.0 Å². The molecule has 0 saturated heterocycles. The summed E-state index contributed by atoms with van der Waals surface area (Å²) >= 11 is 0. The van der Waals surface area contributed by atoms with Crippen LogP contribution in [0.3, 0.4) is 0 Å². The van der Waals surface area contributed by atoms with Crippen LogP contribution in [-0.4, -0.2) is 23.5 Å². The van der Waals surface area contributed by atoms with E-state index in [-0.39, 0.29) is 11.6 Å². The van der Waals surface area contributed by atoms with Gasteiger partial charge in [0.1, 0.15) is 16.5 Å². The Morgan fingerprint density at radius 3 is 2.25 bits per heavy atom. The van der Waals surface area contributed by atoms with Crippen LogP contribution in [0.15, 0.2) is 47.4 Å². The van der Waals surface area contributed by atoms with Crippen LogP contribution in [-0.2, 0) is 10.0 Å². The van der Waals surface area contributed by atoms with Gasteiger partial charge in [0, 0.05) is 0 Å². The molecule has 0 aliphatic heterocycles. The zero-order valence-corrected chi connectivity index (χ0v) is 12.6. The molecule has 13 heteroatoms. The van der Waals surface area contributed by atoms with Crippen LogP contribution in [0.1, 0.15) is 0 Å². The first-order valence-corrected chi connectivity index (χ1v) is 7.64. The van der Waals surface area contributed by atoms with Crippen LogP contribution >= 0.6 is 0 Å². The van der Waals surface area contributed by atoms with Gasteiger partial charge in [-0.15, -0.1) is 0 Å². The van der Waals surface area contributed by atoms with Crippen LogP contribution in [0.2, 0.25) is 0 Å². The number of pyridine rings is 1. The molecule has 126 valence electrons. The number of sulfonamides is 1. The molecule has 0 fully saturated rings. The SMILES string of the molecule is Nc1cccc(NS(=O)(=O)c2ccccc2N([N+](=O)[O-])[N+](=O)[O-])n1. The van der Waals surface area contributed by atoms with Gasteiger partial charge in [0.15, 0.2) is 0 Å². The van der Waals surface area contributed by atoms with E-state index < -0.39 is 35.8 Å². The summed E-state index contributed by atoms with van der Waals surface area (Å²) in [4.78, 5) is 24.8. The highest BCUT2D eigenvalue weighted by atomic mass is 32.2. The Balaban J connectivity index is 2.52. The number of anilines is 3. The molecule has 12 nitrogen and oxygen atoms in total. The van der Waals surface area contributed by atoms with Crippen molar-refractivity contribution < 1.29 is 18.5 Å². The molecule has 0 spiro atoms. The number of nitrogen functional groups attached to an aromatic ring is 1. The minimum Gasteiger partial charge on any atom is -0.384 e. The Morgan fingerprint density at radius 1 is 1.04 bits per heavy atom. The number of nitrogens with zero attached hydrogens (tertiary/aromatic N) is 4. The fraction of sp³-hybridized carbons (Fsp3) is 0. The third-order valence-corrected chi connectivity index (χ3v) is 4.09. The second-order valence-electron chi connectivity index (χ2n) is 4.29. The summed E-state index contributed by atoms with van der Waals surface area (Å²) in [6.07, 6.45) is 0. The molecule has 2 aromatic rings. The number of rotatable bonds is 6. The summed E-state index contributed by atoms with van der Waals surface area (Å²) in [6.45, 7) is 0. The third-order valence-electron chi connectivity index (χ3n) is 2.69. The number of hydrogen-bond donors (Lipinski definition) is 2. The van der Waals surface area contributed by atoms with Gasteiger partial charge in [-0.25, -0.2) is 33.6 Å². The monoisotopic (exact) mass is 354 g/mol. The van der Waals surface area contributed by atoms with Crippen molar-refractivity contribution in [1.82, 2.24) is 4.98 Å². The predicted octanol–water partition coefficient (Wildman–Crippen LogP) is 0.654. The molecule has 0 unspecified atom stereocenters. The molecule has 24 heavy (non-hydrogen) atoms. The summed E-state index contributed by atoms with van der Waals surface area (Å²) in [6, 6.07) is 8.58. The topological polar surface area (TPSA) is 175 Å². The lowest BCUT2D eigenvalue weighted by atomic mass is 10.3. The second-order valence-corrected chi connectivity index (χ2v) is 5.94. The molecule has 0 aliphatic rings. The molecule has 1 aromatic carbocycles. The maximum Gasteiger partial charge on any atom is 0.265 e. The van der Waals surface area contributed by atoms with Gasteiger partial charge in [0.2, 0.25) is 20.9 Å². The summed E-state index contributed by atoms with van der Waals surface area (Å²) in [5.41, 5.74) is 4.71. The van der Waals surface area contributed by atoms with E-state index in [0.29, 0.717) is 0 Å². The fourth-order valence-corrected chi connectivity index (χ4v) is 2.97. The predicted molar refractivity (Wildman–Crippen MR) is 82.4 cm³/mol. The molecule has 2 rings (SSSR count). The summed E-state index contributed by atoms with van der Waals surface area (Å²) in [5, 5.41) is 18.6.